The molecule has 9 aromatic carbocycles. The molecule has 0 N–H and O–H groups in total. The van der Waals surface area contributed by atoms with Crippen LogP contribution >= 0.6 is 0 Å². The fourth-order valence-electron chi connectivity index (χ4n) is 6.68. The van der Waals surface area contributed by atoms with E-state index < -0.39 is 78.6 Å². The number of hydrogen-bond acceptors (Lipinski definition) is 2. The average molecular weight is 677 g/mol. The second kappa shape index (κ2) is 12.5. The molecular formula is C50H33NO. The van der Waals surface area contributed by atoms with Gasteiger partial charge in [-0.15, -0.1) is 0 Å². The monoisotopic (exact) mass is 676 g/mol. The van der Waals surface area contributed by atoms with Gasteiger partial charge < -0.3 is 9.32 Å². The van der Waals surface area contributed by atoms with Gasteiger partial charge in [0.2, 0.25) is 0 Å². The number of rotatable bonds is 6. The first kappa shape index (κ1) is 19.5. The molecule has 244 valence electrons. The molecule has 0 bridgehead atoms. The lowest BCUT2D eigenvalue weighted by Gasteiger charge is -2.26. The van der Waals surface area contributed by atoms with E-state index in [1.807, 2.05) is 84.9 Å². The van der Waals surface area contributed by atoms with E-state index in [2.05, 4.69) is 0 Å². The predicted molar refractivity (Wildman–Crippen MR) is 220 cm³/mol. The number of fused-ring (bicyclic) bond motifs is 6. The Hall–Kier alpha value is -6.90. The van der Waals surface area contributed by atoms with Crippen molar-refractivity contribution < 1.29 is 22.2 Å². The van der Waals surface area contributed by atoms with Crippen molar-refractivity contribution in [2.45, 2.75) is 0 Å². The summed E-state index contributed by atoms with van der Waals surface area (Å²) in [5.74, 6) is 0. The van der Waals surface area contributed by atoms with E-state index in [0.717, 1.165) is 33.0 Å². The highest BCUT2D eigenvalue weighted by Gasteiger charge is 2.20. The van der Waals surface area contributed by atoms with Crippen LogP contribution in [0.15, 0.2) is 204 Å². The number of hydrogen-bond donors (Lipinski definition) is 0. The molecule has 0 aliphatic heterocycles. The Morgan fingerprint density at radius 1 is 0.404 bits per heavy atom. The van der Waals surface area contributed by atoms with Crippen molar-refractivity contribution in [3.63, 3.8) is 0 Å². The molecule has 1 heterocycles. The van der Waals surface area contributed by atoms with E-state index in [9.17, 15) is 8.22 Å². The van der Waals surface area contributed by atoms with Crippen LogP contribution in [0.3, 0.4) is 0 Å². The van der Waals surface area contributed by atoms with Gasteiger partial charge in [-0.25, -0.2) is 0 Å². The van der Waals surface area contributed by atoms with Crippen molar-refractivity contribution >= 4 is 60.5 Å². The lowest BCUT2D eigenvalue weighted by molar-refractivity contribution is 0.672. The molecule has 1 aromatic heterocycles. The molecule has 0 spiro atoms. The number of furan rings is 1. The standard InChI is InChI=1S/C50H33NO/c1-2-9-34(10-3-1)36-17-19-37(20-18-36)38-23-28-43(29-24-38)51(44-30-25-39(26-31-44)42-22-21-35-11-4-5-13-41(35)33-42)47-15-8-16-48-49(47)46-32-27-40-12-6-7-14-45(40)50(46)52-48/h1-33H/i6D,7D,8D,12D,14D,15D,16D,23D,24D,27D,28D,29D,32D. The number of benzene rings is 9. The van der Waals surface area contributed by atoms with Crippen LogP contribution in [0, 0.1) is 0 Å². The third-order valence-corrected chi connectivity index (χ3v) is 9.28. The molecule has 0 amide bonds. The maximum absolute atomic E-state index is 9.61. The summed E-state index contributed by atoms with van der Waals surface area (Å²) in [6, 6.07) is 30.5. The minimum atomic E-state index is -0.640. The first-order valence-corrected chi connectivity index (χ1v) is 16.7. The molecule has 52 heavy (non-hydrogen) atoms. The third kappa shape index (κ3) is 5.21. The minimum absolute atomic E-state index is 0.0237. The summed E-state index contributed by atoms with van der Waals surface area (Å²) < 4.78 is 125. The smallest absolute Gasteiger partial charge is 0.143 e. The molecule has 0 radical (unpaired) electrons. The van der Waals surface area contributed by atoms with Crippen molar-refractivity contribution in [2.75, 3.05) is 4.90 Å². The van der Waals surface area contributed by atoms with Crippen molar-refractivity contribution in [1.82, 2.24) is 0 Å². The molecular weight excluding hydrogens is 631 g/mol. The molecule has 10 rings (SSSR count). The summed E-state index contributed by atoms with van der Waals surface area (Å²) >= 11 is 0. The second-order valence-corrected chi connectivity index (χ2v) is 12.3. The molecule has 0 fully saturated rings. The first-order valence-electron chi connectivity index (χ1n) is 23.2. The van der Waals surface area contributed by atoms with Crippen LogP contribution in [0.1, 0.15) is 17.8 Å². The van der Waals surface area contributed by atoms with Gasteiger partial charge >= 0.3 is 0 Å². The predicted octanol–water partition coefficient (Wildman–Crippen LogP) is 14.4. The summed E-state index contributed by atoms with van der Waals surface area (Å²) in [6.07, 6.45) is 0. The Kier molecular flexibility index (Phi) is 4.67. The lowest BCUT2D eigenvalue weighted by Crippen LogP contribution is -2.10. The fourth-order valence-corrected chi connectivity index (χ4v) is 6.68. The third-order valence-electron chi connectivity index (χ3n) is 9.28. The van der Waals surface area contributed by atoms with Gasteiger partial charge in [0.1, 0.15) is 11.2 Å². The Morgan fingerprint density at radius 3 is 1.87 bits per heavy atom. The zero-order valence-corrected chi connectivity index (χ0v) is 27.4. The molecule has 2 nitrogen and oxygen atoms in total. The summed E-state index contributed by atoms with van der Waals surface area (Å²) in [5, 5.41) is 1.19. The van der Waals surface area contributed by atoms with E-state index in [4.69, 9.17) is 14.0 Å². The first-order chi connectivity index (χ1) is 31.2. The molecule has 0 unspecified atom stereocenters. The van der Waals surface area contributed by atoms with E-state index in [-0.39, 0.29) is 55.3 Å². The van der Waals surface area contributed by atoms with Gasteiger partial charge in [-0.1, -0.05) is 151 Å². The zero-order valence-electron chi connectivity index (χ0n) is 40.4. The minimum Gasteiger partial charge on any atom is -0.455 e. The van der Waals surface area contributed by atoms with Gasteiger partial charge in [0.25, 0.3) is 0 Å². The lowest BCUT2D eigenvalue weighted by atomic mass is 9.99. The van der Waals surface area contributed by atoms with Crippen LogP contribution in [0.25, 0.3) is 76.9 Å². The quantitative estimate of drug-likeness (QED) is 0.174. The second-order valence-electron chi connectivity index (χ2n) is 12.3. The van der Waals surface area contributed by atoms with E-state index in [0.29, 0.717) is 5.56 Å². The molecule has 0 saturated heterocycles. The Morgan fingerprint density at radius 2 is 1.06 bits per heavy atom. The Bertz CT molecular complexity index is 3600. The van der Waals surface area contributed by atoms with Crippen molar-refractivity contribution in [3.05, 3.63) is 200 Å². The topological polar surface area (TPSA) is 16.4 Å². The summed E-state index contributed by atoms with van der Waals surface area (Å²) in [7, 11) is 0. The van der Waals surface area contributed by atoms with Gasteiger partial charge in [-0.2, -0.15) is 0 Å². The maximum Gasteiger partial charge on any atom is 0.143 e. The van der Waals surface area contributed by atoms with E-state index in [1.54, 1.807) is 36.4 Å². The normalized spacial score (nSPS) is 15.0. The molecule has 0 atom stereocenters. The van der Waals surface area contributed by atoms with E-state index >= 15 is 0 Å². The average Bonchev–Trinajstić information content (AvgIpc) is 3.73. The SMILES string of the molecule is [2H]c1c([2H])c(N(c2ccc(-c3ccc4ccccc4c3)cc2)c2c([2H])c([2H])c([2H])c3oc4c5c([2H])c([2H])c([2H])c([2H])c5c([2H])c([2H])c4c23)c([2H])c([2H])c1-c1ccc(-c2ccccc2)cc1. The number of anilines is 3. The highest BCUT2D eigenvalue weighted by molar-refractivity contribution is 6.19. The fraction of sp³-hybridized carbons (Fsp3) is 0. The Balaban J connectivity index is 1.27. The maximum atomic E-state index is 9.61. The van der Waals surface area contributed by atoms with Crippen LogP contribution in [0.5, 0.6) is 0 Å². The molecule has 2 heteroatoms. The molecule has 0 aliphatic carbocycles. The van der Waals surface area contributed by atoms with Gasteiger partial charge in [0.05, 0.1) is 28.9 Å². The van der Waals surface area contributed by atoms with Gasteiger partial charge in [0.15, 0.2) is 0 Å². The highest BCUT2D eigenvalue weighted by Crippen LogP contribution is 2.45. The summed E-state index contributed by atoms with van der Waals surface area (Å²) in [4.78, 5) is 1.29. The van der Waals surface area contributed by atoms with Crippen molar-refractivity contribution in [2.24, 2.45) is 0 Å². The largest absolute Gasteiger partial charge is 0.455 e. The van der Waals surface area contributed by atoms with Crippen LogP contribution < -0.4 is 4.90 Å². The summed E-state index contributed by atoms with van der Waals surface area (Å²) in [5.41, 5.74) is 2.98. The molecule has 0 aliphatic rings. The van der Waals surface area contributed by atoms with Gasteiger partial charge in [-0.05, 0) is 98.0 Å². The highest BCUT2D eigenvalue weighted by atomic mass is 16.3. The van der Waals surface area contributed by atoms with Crippen LogP contribution in [-0.4, -0.2) is 0 Å². The number of nitrogens with zero attached hydrogens (tertiary/aromatic N) is 1. The van der Waals surface area contributed by atoms with Crippen LogP contribution in [-0.2, 0) is 0 Å². The molecule has 0 saturated carbocycles. The molecule has 10 aromatic rings. The van der Waals surface area contributed by atoms with Gasteiger partial charge in [-0.3, -0.25) is 0 Å². The summed E-state index contributed by atoms with van der Waals surface area (Å²) in [6.45, 7) is 0. The van der Waals surface area contributed by atoms with Crippen molar-refractivity contribution in [3.8, 4) is 33.4 Å². The van der Waals surface area contributed by atoms with Crippen LogP contribution in [0.2, 0.25) is 0 Å². The van der Waals surface area contributed by atoms with E-state index in [1.165, 1.54) is 4.90 Å². The Labute approximate surface area is 320 Å². The zero-order chi connectivity index (χ0) is 45.7. The van der Waals surface area contributed by atoms with Gasteiger partial charge in [0, 0.05) is 22.1 Å². The van der Waals surface area contributed by atoms with Crippen LogP contribution in [0.4, 0.5) is 17.1 Å². The van der Waals surface area contributed by atoms with Crippen molar-refractivity contribution in [1.29, 1.82) is 0 Å².